The van der Waals surface area contributed by atoms with E-state index in [2.05, 4.69) is 28.6 Å². The van der Waals surface area contributed by atoms with Gasteiger partial charge in [0.1, 0.15) is 0 Å². The lowest BCUT2D eigenvalue weighted by Crippen LogP contribution is -1.89. The zero-order chi connectivity index (χ0) is 15.7. The Hall–Kier alpha value is -1.05. The van der Waals surface area contributed by atoms with E-state index in [1.165, 1.54) is 83.5 Å². The first-order chi connectivity index (χ1) is 10.9. The lowest BCUT2D eigenvalue weighted by molar-refractivity contribution is 0.545. The van der Waals surface area contributed by atoms with Gasteiger partial charge in [0.25, 0.3) is 0 Å². The molecule has 0 N–H and O–H groups in total. The molecule has 1 aromatic heterocycles. The maximum Gasteiger partial charge on any atom is 0.0948 e. The Kier molecular flexibility index (Phi) is 12.8. The Morgan fingerprint density at radius 1 is 0.773 bits per heavy atom. The molecular formula is C20H36N2. The van der Waals surface area contributed by atoms with E-state index in [0.29, 0.717) is 0 Å². The van der Waals surface area contributed by atoms with Gasteiger partial charge in [-0.3, -0.25) is 0 Å². The molecule has 22 heavy (non-hydrogen) atoms. The van der Waals surface area contributed by atoms with Crippen molar-refractivity contribution in [2.24, 2.45) is 0 Å². The number of nitrogens with zero attached hydrogens (tertiary/aromatic N) is 2. The monoisotopic (exact) mass is 304 g/mol. The smallest absolute Gasteiger partial charge is 0.0948 e. The van der Waals surface area contributed by atoms with Gasteiger partial charge in [-0.05, 0) is 12.8 Å². The van der Waals surface area contributed by atoms with E-state index in [0.717, 1.165) is 6.54 Å². The van der Waals surface area contributed by atoms with Gasteiger partial charge in [-0.15, -0.1) is 0 Å². The van der Waals surface area contributed by atoms with Gasteiger partial charge in [0, 0.05) is 18.9 Å². The third-order valence-electron chi connectivity index (χ3n) is 4.27. The largest absolute Gasteiger partial charge is 0.334 e. The van der Waals surface area contributed by atoms with Crippen molar-refractivity contribution < 1.29 is 0 Å². The van der Waals surface area contributed by atoms with Crippen LogP contribution in [0, 0.1) is 0 Å². The predicted molar refractivity (Wildman–Crippen MR) is 97.1 cm³/mol. The van der Waals surface area contributed by atoms with Crippen LogP contribution in [0.3, 0.4) is 0 Å². The Bertz CT molecular complexity index is 341. The van der Waals surface area contributed by atoms with Crippen LogP contribution in [0.4, 0.5) is 0 Å². The summed E-state index contributed by atoms with van der Waals surface area (Å²) in [4.78, 5) is 4.04. The van der Waals surface area contributed by atoms with Gasteiger partial charge in [0.2, 0.25) is 0 Å². The molecule has 0 aliphatic heterocycles. The van der Waals surface area contributed by atoms with E-state index in [1.807, 2.05) is 18.7 Å². The maximum absolute atomic E-state index is 4.04. The summed E-state index contributed by atoms with van der Waals surface area (Å²) in [6.07, 6.45) is 28.6. The summed E-state index contributed by atoms with van der Waals surface area (Å²) in [6.45, 7) is 3.24. The van der Waals surface area contributed by atoms with Gasteiger partial charge >= 0.3 is 0 Å². The summed E-state index contributed by atoms with van der Waals surface area (Å²) >= 11 is 0. The molecule has 126 valence electrons. The van der Waals surface area contributed by atoms with Crippen LogP contribution in [-0.2, 0) is 6.54 Å². The van der Waals surface area contributed by atoms with Gasteiger partial charge in [-0.2, -0.15) is 0 Å². The summed E-state index contributed by atoms with van der Waals surface area (Å²) in [5.74, 6) is 0. The van der Waals surface area contributed by atoms with Gasteiger partial charge in [-0.25, -0.2) is 4.98 Å². The molecular weight excluding hydrogens is 268 g/mol. The molecule has 0 amide bonds. The molecule has 0 bridgehead atoms. The minimum atomic E-state index is 0.957. The molecule has 0 unspecified atom stereocenters. The Balaban J connectivity index is 1.74. The van der Waals surface area contributed by atoms with Crippen molar-refractivity contribution >= 4 is 0 Å². The molecule has 0 saturated carbocycles. The van der Waals surface area contributed by atoms with Crippen LogP contribution in [-0.4, -0.2) is 9.55 Å². The third-order valence-corrected chi connectivity index (χ3v) is 4.27. The molecule has 0 radical (unpaired) electrons. The molecule has 0 aliphatic carbocycles. The zero-order valence-electron chi connectivity index (χ0n) is 14.7. The second-order valence-corrected chi connectivity index (χ2v) is 6.41. The topological polar surface area (TPSA) is 17.8 Å². The van der Waals surface area contributed by atoms with Crippen LogP contribution < -0.4 is 0 Å². The minimum absolute atomic E-state index is 0.957. The summed E-state index contributed by atoms with van der Waals surface area (Å²) < 4.78 is 2.10. The average molecular weight is 305 g/mol. The molecule has 0 spiro atoms. The second-order valence-electron chi connectivity index (χ2n) is 6.41. The molecule has 0 fully saturated rings. The zero-order valence-corrected chi connectivity index (χ0v) is 14.7. The fourth-order valence-corrected chi connectivity index (χ4v) is 2.81. The van der Waals surface area contributed by atoms with Crippen molar-refractivity contribution in [3.63, 3.8) is 0 Å². The highest BCUT2D eigenvalue weighted by Crippen LogP contribution is 2.12. The van der Waals surface area contributed by atoms with Gasteiger partial charge in [0.15, 0.2) is 0 Å². The molecule has 1 heterocycles. The van der Waals surface area contributed by atoms with E-state index in [4.69, 9.17) is 0 Å². The first-order valence-corrected chi connectivity index (χ1v) is 9.54. The average Bonchev–Trinajstić information content (AvgIpc) is 3.04. The first kappa shape index (κ1) is 19.0. The number of imidazole rings is 1. The summed E-state index contributed by atoms with van der Waals surface area (Å²) in [5.41, 5.74) is 0. The highest BCUT2D eigenvalue weighted by molar-refractivity contribution is 4.85. The van der Waals surface area contributed by atoms with E-state index in [1.54, 1.807) is 0 Å². The summed E-state index contributed by atoms with van der Waals surface area (Å²) in [5, 5.41) is 0. The highest BCUT2D eigenvalue weighted by Gasteiger charge is 1.93. The summed E-state index contributed by atoms with van der Waals surface area (Å²) in [6, 6.07) is 0. The third kappa shape index (κ3) is 11.6. The Morgan fingerprint density at radius 3 is 1.91 bits per heavy atom. The Labute approximate surface area is 138 Å². The van der Waals surface area contributed by atoms with Gasteiger partial charge in [-0.1, -0.05) is 89.7 Å². The number of hydrogen-bond donors (Lipinski definition) is 0. The fraction of sp³-hybridized carbons (Fsp3) is 0.750. The standard InChI is InChI=1S/C20H36N2/c1-2-3-4-5-6-7-8-9-10-11-12-13-14-15-16-18-22-19-17-21-20-22/h15-17,19-20H,2-14,18H2,1H3. The van der Waals surface area contributed by atoms with Crippen molar-refractivity contribution in [2.75, 3.05) is 0 Å². The molecule has 0 atom stereocenters. The molecule has 2 nitrogen and oxygen atoms in total. The van der Waals surface area contributed by atoms with Gasteiger partial charge in [0.05, 0.1) is 6.33 Å². The molecule has 0 saturated heterocycles. The van der Waals surface area contributed by atoms with Crippen LogP contribution in [0.15, 0.2) is 30.9 Å². The SMILES string of the molecule is CCCCCCCCCCCCCCC=CCn1ccnc1. The molecule has 0 aliphatic rings. The number of allylic oxidation sites excluding steroid dienone is 2. The van der Waals surface area contributed by atoms with Crippen LogP contribution >= 0.6 is 0 Å². The predicted octanol–water partition coefficient (Wildman–Crippen LogP) is 6.53. The van der Waals surface area contributed by atoms with E-state index >= 15 is 0 Å². The maximum atomic E-state index is 4.04. The quantitative estimate of drug-likeness (QED) is 0.266. The Morgan fingerprint density at radius 2 is 1.36 bits per heavy atom. The van der Waals surface area contributed by atoms with E-state index in [9.17, 15) is 0 Å². The van der Waals surface area contributed by atoms with Crippen LogP contribution in [0.2, 0.25) is 0 Å². The molecule has 1 rings (SSSR count). The summed E-state index contributed by atoms with van der Waals surface area (Å²) in [7, 11) is 0. The highest BCUT2D eigenvalue weighted by atomic mass is 15.0. The number of unbranched alkanes of at least 4 members (excludes halogenated alkanes) is 12. The first-order valence-electron chi connectivity index (χ1n) is 9.54. The van der Waals surface area contributed by atoms with Crippen LogP contribution in [0.25, 0.3) is 0 Å². The number of hydrogen-bond acceptors (Lipinski definition) is 1. The van der Waals surface area contributed by atoms with Crippen molar-refractivity contribution in [3.8, 4) is 0 Å². The van der Waals surface area contributed by atoms with Crippen LogP contribution in [0.5, 0.6) is 0 Å². The molecule has 2 heteroatoms. The molecule has 1 aromatic rings. The number of aromatic nitrogens is 2. The molecule has 0 aromatic carbocycles. The lowest BCUT2D eigenvalue weighted by atomic mass is 10.0. The van der Waals surface area contributed by atoms with Crippen molar-refractivity contribution in [2.45, 2.75) is 96.9 Å². The van der Waals surface area contributed by atoms with Crippen molar-refractivity contribution in [1.29, 1.82) is 0 Å². The van der Waals surface area contributed by atoms with Gasteiger partial charge < -0.3 is 4.57 Å². The lowest BCUT2D eigenvalue weighted by Gasteiger charge is -2.02. The fourth-order valence-electron chi connectivity index (χ4n) is 2.81. The van der Waals surface area contributed by atoms with E-state index in [-0.39, 0.29) is 0 Å². The van der Waals surface area contributed by atoms with E-state index < -0.39 is 0 Å². The van der Waals surface area contributed by atoms with Crippen LogP contribution in [0.1, 0.15) is 90.4 Å². The minimum Gasteiger partial charge on any atom is -0.334 e. The number of rotatable bonds is 15. The second kappa shape index (κ2) is 14.9. The van der Waals surface area contributed by atoms with Crippen molar-refractivity contribution in [1.82, 2.24) is 9.55 Å². The van der Waals surface area contributed by atoms with Crippen molar-refractivity contribution in [3.05, 3.63) is 30.9 Å². The normalized spacial score (nSPS) is 11.5.